The summed E-state index contributed by atoms with van der Waals surface area (Å²) in [5.41, 5.74) is 7.00. The summed E-state index contributed by atoms with van der Waals surface area (Å²) in [6.07, 6.45) is 4.40. The molecule has 1 aromatic heterocycles. The molecule has 1 saturated heterocycles. The van der Waals surface area contributed by atoms with Crippen molar-refractivity contribution in [2.75, 3.05) is 19.6 Å². The van der Waals surface area contributed by atoms with E-state index in [1.165, 1.54) is 10.4 Å². The molecule has 2 heterocycles. The number of thiophene rings is 1. The monoisotopic (exact) mass is 300 g/mol. The molecule has 0 bridgehead atoms. The van der Waals surface area contributed by atoms with E-state index < -0.39 is 0 Å². The standard InChI is InChI=1S/C14H20N2OS.ClH/c15-8-10-4-6-16(9-10)14(17)12-2-1-3-13-11(12)5-7-18-13;/h5,7,10,12H,1-4,6,8-9,15H2;1H. The van der Waals surface area contributed by atoms with Crippen LogP contribution in [0.5, 0.6) is 0 Å². The summed E-state index contributed by atoms with van der Waals surface area (Å²) in [6, 6.07) is 2.15. The molecule has 0 radical (unpaired) electrons. The van der Waals surface area contributed by atoms with Crippen LogP contribution >= 0.6 is 23.7 Å². The van der Waals surface area contributed by atoms with Crippen molar-refractivity contribution in [2.45, 2.75) is 31.6 Å². The Morgan fingerprint density at radius 1 is 1.47 bits per heavy atom. The van der Waals surface area contributed by atoms with Gasteiger partial charge in [-0.3, -0.25) is 4.79 Å². The first-order chi connectivity index (χ1) is 8.79. The number of likely N-dealkylation sites (tertiary alicyclic amines) is 1. The topological polar surface area (TPSA) is 46.3 Å². The van der Waals surface area contributed by atoms with Gasteiger partial charge in [-0.25, -0.2) is 0 Å². The molecule has 19 heavy (non-hydrogen) atoms. The lowest BCUT2D eigenvalue weighted by Gasteiger charge is -2.26. The number of halogens is 1. The van der Waals surface area contributed by atoms with Gasteiger partial charge >= 0.3 is 0 Å². The lowest BCUT2D eigenvalue weighted by atomic mass is 9.87. The molecule has 1 aliphatic carbocycles. The Kier molecular flexibility index (Phi) is 4.87. The highest BCUT2D eigenvalue weighted by atomic mass is 35.5. The van der Waals surface area contributed by atoms with E-state index in [0.29, 0.717) is 18.4 Å². The first kappa shape index (κ1) is 14.8. The van der Waals surface area contributed by atoms with Crippen LogP contribution in [0.25, 0.3) is 0 Å². The van der Waals surface area contributed by atoms with E-state index in [-0.39, 0.29) is 18.3 Å². The molecule has 2 atom stereocenters. The number of carbonyl (C=O) groups excluding carboxylic acids is 1. The summed E-state index contributed by atoms with van der Waals surface area (Å²) in [5.74, 6) is 0.973. The van der Waals surface area contributed by atoms with E-state index in [9.17, 15) is 4.79 Å². The van der Waals surface area contributed by atoms with Gasteiger partial charge in [0.05, 0.1) is 5.92 Å². The molecule has 0 saturated carbocycles. The molecule has 1 aliphatic heterocycles. The zero-order chi connectivity index (χ0) is 12.5. The van der Waals surface area contributed by atoms with E-state index in [2.05, 4.69) is 11.4 Å². The Morgan fingerprint density at radius 3 is 3.05 bits per heavy atom. The smallest absolute Gasteiger partial charge is 0.230 e. The van der Waals surface area contributed by atoms with Gasteiger partial charge in [-0.05, 0) is 55.2 Å². The molecule has 2 unspecified atom stereocenters. The van der Waals surface area contributed by atoms with Crippen molar-refractivity contribution in [1.29, 1.82) is 0 Å². The minimum atomic E-state index is 0. The highest BCUT2D eigenvalue weighted by Gasteiger charge is 2.33. The first-order valence-corrected chi connectivity index (χ1v) is 7.72. The summed E-state index contributed by atoms with van der Waals surface area (Å²) in [5, 5.41) is 2.13. The van der Waals surface area contributed by atoms with Crippen molar-refractivity contribution in [3.63, 3.8) is 0 Å². The highest BCUT2D eigenvalue weighted by molar-refractivity contribution is 7.10. The summed E-state index contributed by atoms with van der Waals surface area (Å²) >= 11 is 1.80. The van der Waals surface area contributed by atoms with Crippen LogP contribution < -0.4 is 5.73 Å². The third-order valence-corrected chi connectivity index (χ3v) is 5.28. The largest absolute Gasteiger partial charge is 0.342 e. The zero-order valence-electron chi connectivity index (χ0n) is 11.0. The lowest BCUT2D eigenvalue weighted by molar-refractivity contribution is -0.132. The van der Waals surface area contributed by atoms with Crippen molar-refractivity contribution in [1.82, 2.24) is 4.90 Å². The van der Waals surface area contributed by atoms with Crippen LogP contribution in [0.4, 0.5) is 0 Å². The molecule has 2 aliphatic rings. The van der Waals surface area contributed by atoms with Crippen LogP contribution in [0.2, 0.25) is 0 Å². The SMILES string of the molecule is Cl.NCC1CCN(C(=O)C2CCCc3sccc32)C1. The van der Waals surface area contributed by atoms with Gasteiger partial charge in [0.25, 0.3) is 0 Å². The van der Waals surface area contributed by atoms with Gasteiger partial charge in [0.15, 0.2) is 0 Å². The minimum absolute atomic E-state index is 0. The summed E-state index contributed by atoms with van der Waals surface area (Å²) < 4.78 is 0. The van der Waals surface area contributed by atoms with Gasteiger partial charge in [0.2, 0.25) is 5.91 Å². The van der Waals surface area contributed by atoms with Crippen molar-refractivity contribution >= 4 is 29.7 Å². The van der Waals surface area contributed by atoms with Crippen molar-refractivity contribution in [3.8, 4) is 0 Å². The quantitative estimate of drug-likeness (QED) is 0.911. The number of amides is 1. The van der Waals surface area contributed by atoms with E-state index in [1.807, 2.05) is 4.90 Å². The van der Waals surface area contributed by atoms with Gasteiger partial charge < -0.3 is 10.6 Å². The molecule has 0 spiro atoms. The Morgan fingerprint density at radius 2 is 2.32 bits per heavy atom. The fourth-order valence-electron chi connectivity index (χ4n) is 3.19. The van der Waals surface area contributed by atoms with E-state index in [4.69, 9.17) is 5.73 Å². The second-order valence-electron chi connectivity index (χ2n) is 5.42. The first-order valence-electron chi connectivity index (χ1n) is 6.84. The van der Waals surface area contributed by atoms with E-state index in [1.54, 1.807) is 11.3 Å². The second kappa shape index (κ2) is 6.25. The highest BCUT2D eigenvalue weighted by Crippen LogP contribution is 2.36. The maximum atomic E-state index is 12.6. The van der Waals surface area contributed by atoms with Crippen molar-refractivity contribution < 1.29 is 4.79 Å². The molecule has 1 amide bonds. The molecule has 106 valence electrons. The molecule has 5 heteroatoms. The van der Waals surface area contributed by atoms with Crippen LogP contribution in [0.1, 0.15) is 35.6 Å². The van der Waals surface area contributed by atoms with Crippen molar-refractivity contribution in [3.05, 3.63) is 21.9 Å². The van der Waals surface area contributed by atoms with Crippen LogP contribution in [0.15, 0.2) is 11.4 Å². The number of nitrogens with zero attached hydrogens (tertiary/aromatic N) is 1. The van der Waals surface area contributed by atoms with Crippen LogP contribution in [-0.4, -0.2) is 30.4 Å². The molecule has 2 N–H and O–H groups in total. The van der Waals surface area contributed by atoms with E-state index >= 15 is 0 Å². The number of nitrogens with two attached hydrogens (primary N) is 1. The number of rotatable bonds is 2. The Bertz CT molecular complexity index is 448. The Labute approximate surface area is 124 Å². The second-order valence-corrected chi connectivity index (χ2v) is 6.42. The van der Waals surface area contributed by atoms with Gasteiger partial charge in [-0.15, -0.1) is 23.7 Å². The molecular weight excluding hydrogens is 280 g/mol. The minimum Gasteiger partial charge on any atom is -0.342 e. The third kappa shape index (κ3) is 2.81. The fourth-order valence-corrected chi connectivity index (χ4v) is 4.18. The number of carbonyl (C=O) groups is 1. The molecule has 3 nitrogen and oxygen atoms in total. The fraction of sp³-hybridized carbons (Fsp3) is 0.643. The maximum Gasteiger partial charge on any atom is 0.230 e. The lowest BCUT2D eigenvalue weighted by Crippen LogP contribution is -2.35. The van der Waals surface area contributed by atoms with Crippen LogP contribution in [0.3, 0.4) is 0 Å². The van der Waals surface area contributed by atoms with Gasteiger partial charge in [-0.1, -0.05) is 0 Å². The molecule has 1 aromatic rings. The summed E-state index contributed by atoms with van der Waals surface area (Å²) in [4.78, 5) is 16.1. The van der Waals surface area contributed by atoms with Gasteiger partial charge in [0.1, 0.15) is 0 Å². The predicted molar refractivity (Wildman–Crippen MR) is 81.0 cm³/mol. The summed E-state index contributed by atoms with van der Waals surface area (Å²) in [6.45, 7) is 2.47. The average Bonchev–Trinajstić information content (AvgIpc) is 3.05. The van der Waals surface area contributed by atoms with Crippen LogP contribution in [0, 0.1) is 5.92 Å². The number of aryl methyl sites for hydroxylation is 1. The van der Waals surface area contributed by atoms with Gasteiger partial charge in [-0.2, -0.15) is 0 Å². The molecular formula is C14H21ClN2OS. The Hall–Kier alpha value is -0.580. The molecule has 3 rings (SSSR count). The molecule has 1 fully saturated rings. The summed E-state index contributed by atoms with van der Waals surface area (Å²) in [7, 11) is 0. The molecule has 0 aromatic carbocycles. The third-order valence-electron chi connectivity index (χ3n) is 4.28. The maximum absolute atomic E-state index is 12.6. The number of hydrogen-bond donors (Lipinski definition) is 1. The number of hydrogen-bond acceptors (Lipinski definition) is 3. The Balaban J connectivity index is 0.00000133. The normalized spacial score (nSPS) is 25.8. The predicted octanol–water partition coefficient (Wildman–Crippen LogP) is 2.40. The average molecular weight is 301 g/mol. The van der Waals surface area contributed by atoms with E-state index in [0.717, 1.165) is 38.8 Å². The van der Waals surface area contributed by atoms with Gasteiger partial charge in [0, 0.05) is 18.0 Å². The zero-order valence-corrected chi connectivity index (χ0v) is 12.6. The van der Waals surface area contributed by atoms with Crippen LogP contribution in [-0.2, 0) is 11.2 Å². The number of fused-ring (bicyclic) bond motifs is 1. The van der Waals surface area contributed by atoms with Crippen molar-refractivity contribution in [2.24, 2.45) is 11.7 Å².